The molecule has 7 nitrogen and oxygen atoms in total. The Labute approximate surface area is 197 Å². The lowest BCUT2D eigenvalue weighted by Crippen LogP contribution is -1.97. The number of nitrogens with zero attached hydrogens (tertiary/aromatic N) is 6. The van der Waals surface area contributed by atoms with Crippen molar-refractivity contribution in [2.24, 2.45) is 0 Å². The third-order valence-electron chi connectivity index (χ3n) is 5.36. The Morgan fingerprint density at radius 1 is 0.970 bits per heavy atom. The molecule has 0 aliphatic rings. The van der Waals surface area contributed by atoms with Gasteiger partial charge in [0, 0.05) is 22.3 Å². The highest BCUT2D eigenvalue weighted by atomic mass is 35.5. The molecule has 0 aliphatic heterocycles. The number of ether oxygens (including phenoxy) is 1. The van der Waals surface area contributed by atoms with E-state index in [1.165, 1.54) is 11.3 Å². The Bertz CT molecular complexity index is 1600. The van der Waals surface area contributed by atoms with E-state index in [9.17, 15) is 0 Å². The number of halogens is 1. The van der Waals surface area contributed by atoms with E-state index in [0.717, 1.165) is 43.9 Å². The number of aromatic nitrogens is 6. The molecular formula is C24H17ClN6OS. The van der Waals surface area contributed by atoms with E-state index in [2.05, 4.69) is 15.2 Å². The van der Waals surface area contributed by atoms with Gasteiger partial charge in [0.25, 0.3) is 0 Å². The molecule has 0 atom stereocenters. The monoisotopic (exact) mass is 472 g/mol. The summed E-state index contributed by atoms with van der Waals surface area (Å²) in [5.41, 5.74) is 4.57. The molecule has 4 heterocycles. The largest absolute Gasteiger partial charge is 0.489 e. The number of benzene rings is 2. The Balaban J connectivity index is 1.29. The van der Waals surface area contributed by atoms with Gasteiger partial charge in [-0.15, -0.1) is 10.2 Å². The summed E-state index contributed by atoms with van der Waals surface area (Å²) >= 11 is 7.70. The highest BCUT2D eigenvalue weighted by Crippen LogP contribution is 2.30. The molecule has 0 bridgehead atoms. The summed E-state index contributed by atoms with van der Waals surface area (Å²) < 4.78 is 9.68. The van der Waals surface area contributed by atoms with Crippen molar-refractivity contribution < 1.29 is 4.74 Å². The molecule has 0 saturated carbocycles. The molecule has 9 heteroatoms. The van der Waals surface area contributed by atoms with Gasteiger partial charge in [-0.1, -0.05) is 47.2 Å². The zero-order valence-corrected chi connectivity index (χ0v) is 19.1. The van der Waals surface area contributed by atoms with Crippen molar-refractivity contribution in [1.82, 2.24) is 29.2 Å². The fourth-order valence-corrected chi connectivity index (χ4v) is 4.77. The number of rotatable bonds is 5. The first-order valence-electron chi connectivity index (χ1n) is 10.3. The van der Waals surface area contributed by atoms with Gasteiger partial charge < -0.3 is 4.74 Å². The first-order valence-corrected chi connectivity index (χ1v) is 11.5. The van der Waals surface area contributed by atoms with Crippen molar-refractivity contribution in [3.05, 3.63) is 89.2 Å². The number of pyridine rings is 1. The predicted molar refractivity (Wildman–Crippen MR) is 129 cm³/mol. The lowest BCUT2D eigenvalue weighted by Gasteiger charge is -2.08. The van der Waals surface area contributed by atoms with Crippen molar-refractivity contribution in [2.75, 3.05) is 0 Å². The van der Waals surface area contributed by atoms with Crippen LogP contribution in [0, 0.1) is 6.92 Å². The zero-order valence-electron chi connectivity index (χ0n) is 17.5. The average molecular weight is 473 g/mol. The summed E-state index contributed by atoms with van der Waals surface area (Å²) in [5, 5.41) is 15.1. The molecule has 0 saturated heterocycles. The predicted octanol–water partition coefficient (Wildman–Crippen LogP) is 5.71. The standard InChI is InChI=1S/C24H17ClN6OS/c1-15-21(30-13-5-4-8-20(30)26-15)22-27-28-24-31(22)29-23(33-24)16-9-11-18(12-10-16)32-14-17-6-2-3-7-19(17)25/h2-13H,14H2,1H3. The van der Waals surface area contributed by atoms with Gasteiger partial charge in [0.05, 0.1) is 5.69 Å². The molecule has 0 radical (unpaired) electrons. The minimum atomic E-state index is 0.414. The van der Waals surface area contributed by atoms with Crippen LogP contribution in [0.25, 0.3) is 32.7 Å². The molecular weight excluding hydrogens is 456 g/mol. The first-order chi connectivity index (χ1) is 16.2. The van der Waals surface area contributed by atoms with Gasteiger partial charge >= 0.3 is 0 Å². The third kappa shape index (κ3) is 3.53. The van der Waals surface area contributed by atoms with Crippen molar-refractivity contribution in [2.45, 2.75) is 13.5 Å². The van der Waals surface area contributed by atoms with Crippen LogP contribution in [0.4, 0.5) is 0 Å². The van der Waals surface area contributed by atoms with Crippen LogP contribution < -0.4 is 4.74 Å². The molecule has 2 aromatic carbocycles. The van der Waals surface area contributed by atoms with Gasteiger partial charge in [-0.2, -0.15) is 9.61 Å². The lowest BCUT2D eigenvalue weighted by molar-refractivity contribution is 0.306. The SMILES string of the molecule is Cc1nc2ccccn2c1-c1nnc2sc(-c3ccc(OCc4ccccc4Cl)cc3)nn12. The highest BCUT2D eigenvalue weighted by Gasteiger charge is 2.20. The number of fused-ring (bicyclic) bond motifs is 2. The molecule has 0 unspecified atom stereocenters. The van der Waals surface area contributed by atoms with Gasteiger partial charge in [-0.3, -0.25) is 4.40 Å². The smallest absolute Gasteiger partial charge is 0.235 e. The zero-order chi connectivity index (χ0) is 22.4. The van der Waals surface area contributed by atoms with Crippen molar-refractivity contribution in [3.63, 3.8) is 0 Å². The number of aryl methyl sites for hydroxylation is 1. The van der Waals surface area contributed by atoms with Crippen LogP contribution >= 0.6 is 22.9 Å². The van der Waals surface area contributed by atoms with Gasteiger partial charge in [-0.25, -0.2) is 4.98 Å². The van der Waals surface area contributed by atoms with Gasteiger partial charge in [0.1, 0.15) is 28.7 Å². The van der Waals surface area contributed by atoms with Crippen molar-refractivity contribution in [1.29, 1.82) is 0 Å². The molecule has 0 spiro atoms. The maximum absolute atomic E-state index is 6.21. The van der Waals surface area contributed by atoms with Gasteiger partial charge in [-0.05, 0) is 49.4 Å². The number of imidazole rings is 1. The summed E-state index contributed by atoms with van der Waals surface area (Å²) in [4.78, 5) is 5.36. The van der Waals surface area contributed by atoms with Crippen molar-refractivity contribution >= 4 is 33.5 Å². The third-order valence-corrected chi connectivity index (χ3v) is 6.68. The topological polar surface area (TPSA) is 69.6 Å². The van der Waals surface area contributed by atoms with E-state index < -0.39 is 0 Å². The lowest BCUT2D eigenvalue weighted by atomic mass is 10.2. The van der Waals surface area contributed by atoms with Crippen LogP contribution in [-0.2, 0) is 6.61 Å². The summed E-state index contributed by atoms with van der Waals surface area (Å²) in [7, 11) is 0. The summed E-state index contributed by atoms with van der Waals surface area (Å²) in [6.45, 7) is 2.38. The van der Waals surface area contributed by atoms with Crippen LogP contribution in [0.3, 0.4) is 0 Å². The molecule has 6 rings (SSSR count). The molecule has 33 heavy (non-hydrogen) atoms. The van der Waals surface area contributed by atoms with Crippen LogP contribution in [-0.4, -0.2) is 29.2 Å². The molecule has 0 aliphatic carbocycles. The molecule has 0 fully saturated rings. The van der Waals surface area contributed by atoms with E-state index in [4.69, 9.17) is 21.4 Å². The Kier molecular flexibility index (Phi) is 4.82. The van der Waals surface area contributed by atoms with Crippen LogP contribution in [0.5, 0.6) is 5.75 Å². The first kappa shape index (κ1) is 19.9. The van der Waals surface area contributed by atoms with Crippen LogP contribution in [0.2, 0.25) is 5.02 Å². The average Bonchev–Trinajstić information content (AvgIpc) is 3.51. The Hall–Kier alpha value is -3.75. The second kappa shape index (κ2) is 7.99. The van der Waals surface area contributed by atoms with E-state index >= 15 is 0 Å². The molecule has 162 valence electrons. The van der Waals surface area contributed by atoms with Gasteiger partial charge in [0.15, 0.2) is 0 Å². The van der Waals surface area contributed by atoms with E-state index in [1.54, 1.807) is 4.52 Å². The van der Waals surface area contributed by atoms with E-state index in [-0.39, 0.29) is 0 Å². The maximum atomic E-state index is 6.21. The van der Waals surface area contributed by atoms with E-state index in [0.29, 0.717) is 17.5 Å². The maximum Gasteiger partial charge on any atom is 0.235 e. The highest BCUT2D eigenvalue weighted by molar-refractivity contribution is 7.19. The molecule has 6 aromatic rings. The summed E-state index contributed by atoms with van der Waals surface area (Å²) in [6, 6.07) is 21.4. The number of hydrogen-bond donors (Lipinski definition) is 0. The van der Waals surface area contributed by atoms with Gasteiger partial charge in [0.2, 0.25) is 10.8 Å². The Morgan fingerprint density at radius 2 is 1.79 bits per heavy atom. The molecule has 0 amide bonds. The summed E-state index contributed by atoms with van der Waals surface area (Å²) in [6.07, 6.45) is 1.97. The fraction of sp³-hybridized carbons (Fsp3) is 0.0833. The van der Waals surface area contributed by atoms with Crippen molar-refractivity contribution in [3.8, 4) is 27.8 Å². The molecule has 4 aromatic heterocycles. The summed E-state index contributed by atoms with van der Waals surface area (Å²) in [5.74, 6) is 1.44. The minimum Gasteiger partial charge on any atom is -0.489 e. The van der Waals surface area contributed by atoms with Crippen LogP contribution in [0.15, 0.2) is 72.9 Å². The Morgan fingerprint density at radius 3 is 2.64 bits per heavy atom. The quantitative estimate of drug-likeness (QED) is 0.321. The van der Waals surface area contributed by atoms with E-state index in [1.807, 2.05) is 84.3 Å². The normalized spacial score (nSPS) is 11.5. The second-order valence-electron chi connectivity index (χ2n) is 7.50. The second-order valence-corrected chi connectivity index (χ2v) is 8.87. The van der Waals surface area contributed by atoms with Crippen LogP contribution in [0.1, 0.15) is 11.3 Å². The fourth-order valence-electron chi connectivity index (χ4n) is 3.73. The minimum absolute atomic E-state index is 0.414. The molecule has 0 N–H and O–H groups in total. The number of hydrogen-bond acceptors (Lipinski definition) is 6.